The molecule has 0 aliphatic rings. The summed E-state index contributed by atoms with van der Waals surface area (Å²) in [7, 11) is 0. The lowest BCUT2D eigenvalue weighted by Gasteiger charge is -2.09. The van der Waals surface area contributed by atoms with Crippen molar-refractivity contribution in [1.29, 1.82) is 0 Å². The van der Waals surface area contributed by atoms with Gasteiger partial charge in [-0.3, -0.25) is 4.79 Å². The fraction of sp³-hybridized carbons (Fsp3) is 0.421. The molecule has 0 heterocycles. The fourth-order valence-corrected chi connectivity index (χ4v) is 2.88. The molecule has 0 aliphatic heterocycles. The Balaban J connectivity index is 1.84. The number of unbranched alkanes of at least 4 members (excludes halogenated alkanes) is 3. The highest BCUT2D eigenvalue weighted by Crippen LogP contribution is 2.22. The molecule has 0 spiro atoms. The first-order chi connectivity index (χ1) is 10.7. The van der Waals surface area contributed by atoms with Crippen LogP contribution in [0.1, 0.15) is 44.6 Å². The van der Waals surface area contributed by atoms with Crippen LogP contribution in [0.2, 0.25) is 0 Å². The van der Waals surface area contributed by atoms with E-state index in [4.69, 9.17) is 0 Å². The van der Waals surface area contributed by atoms with Crippen LogP contribution in [-0.2, 0) is 11.2 Å². The second-order valence-corrected chi connectivity index (χ2v) is 6.25. The van der Waals surface area contributed by atoms with Gasteiger partial charge in [0.2, 0.25) is 5.91 Å². The van der Waals surface area contributed by atoms with Crippen molar-refractivity contribution in [2.75, 3.05) is 6.54 Å². The van der Waals surface area contributed by atoms with Gasteiger partial charge < -0.3 is 5.32 Å². The van der Waals surface area contributed by atoms with Crippen LogP contribution in [0.5, 0.6) is 0 Å². The van der Waals surface area contributed by atoms with Crippen molar-refractivity contribution in [3.05, 3.63) is 42.0 Å². The van der Waals surface area contributed by atoms with Gasteiger partial charge in [0.15, 0.2) is 0 Å². The fourth-order valence-electron chi connectivity index (χ4n) is 2.68. The van der Waals surface area contributed by atoms with Gasteiger partial charge in [-0.15, -0.1) is 12.6 Å². The van der Waals surface area contributed by atoms with E-state index in [1.807, 2.05) is 6.07 Å². The normalized spacial score (nSPS) is 10.8. The quantitative estimate of drug-likeness (QED) is 0.534. The molecular formula is C19H25NOS. The number of fused-ring (bicyclic) bond motifs is 1. The lowest BCUT2D eigenvalue weighted by Crippen LogP contribution is -2.25. The second-order valence-electron chi connectivity index (χ2n) is 5.73. The molecule has 2 aromatic rings. The van der Waals surface area contributed by atoms with Crippen molar-refractivity contribution in [2.24, 2.45) is 0 Å². The van der Waals surface area contributed by atoms with Crippen LogP contribution in [0.15, 0.2) is 41.3 Å². The van der Waals surface area contributed by atoms with Gasteiger partial charge in [-0.2, -0.15) is 0 Å². The van der Waals surface area contributed by atoms with Crippen LogP contribution in [0, 0.1) is 0 Å². The minimum absolute atomic E-state index is 0.172. The summed E-state index contributed by atoms with van der Waals surface area (Å²) in [6.45, 7) is 2.88. The third kappa shape index (κ3) is 5.06. The third-order valence-electron chi connectivity index (χ3n) is 3.93. The highest BCUT2D eigenvalue weighted by Gasteiger charge is 2.04. The van der Waals surface area contributed by atoms with Crippen LogP contribution in [0.3, 0.4) is 0 Å². The van der Waals surface area contributed by atoms with Crippen LogP contribution < -0.4 is 5.32 Å². The molecule has 0 bridgehead atoms. The first-order valence-corrected chi connectivity index (χ1v) is 8.62. The number of hydrogen-bond acceptors (Lipinski definition) is 2. The Morgan fingerprint density at radius 1 is 1.14 bits per heavy atom. The summed E-state index contributed by atoms with van der Waals surface area (Å²) in [5.74, 6) is 0.172. The SMILES string of the molecule is CCCCCCC(=O)NCCc1cccc2ccc(S)cc12. The molecule has 0 atom stereocenters. The molecule has 0 unspecified atom stereocenters. The Bertz CT molecular complexity index is 624. The summed E-state index contributed by atoms with van der Waals surface area (Å²) < 4.78 is 0. The van der Waals surface area contributed by atoms with Gasteiger partial charge in [0.25, 0.3) is 0 Å². The molecule has 0 saturated heterocycles. The van der Waals surface area contributed by atoms with Crippen molar-refractivity contribution in [3.63, 3.8) is 0 Å². The summed E-state index contributed by atoms with van der Waals surface area (Å²) in [6, 6.07) is 12.5. The van der Waals surface area contributed by atoms with Gasteiger partial charge in [0.05, 0.1) is 0 Å². The van der Waals surface area contributed by atoms with Gasteiger partial charge in [0, 0.05) is 17.9 Å². The minimum Gasteiger partial charge on any atom is -0.356 e. The van der Waals surface area contributed by atoms with E-state index in [0.717, 1.165) is 24.2 Å². The molecule has 1 N–H and O–H groups in total. The van der Waals surface area contributed by atoms with Crippen LogP contribution in [0.4, 0.5) is 0 Å². The van der Waals surface area contributed by atoms with Crippen LogP contribution >= 0.6 is 12.6 Å². The van der Waals surface area contributed by atoms with E-state index < -0.39 is 0 Å². The van der Waals surface area contributed by atoms with Gasteiger partial charge in [-0.25, -0.2) is 0 Å². The average molecular weight is 315 g/mol. The van der Waals surface area contributed by atoms with Crippen molar-refractivity contribution < 1.29 is 4.79 Å². The van der Waals surface area contributed by atoms with E-state index in [1.54, 1.807) is 0 Å². The maximum atomic E-state index is 11.8. The molecule has 1 amide bonds. The monoisotopic (exact) mass is 315 g/mol. The standard InChI is InChI=1S/C19H25NOS/c1-2-3-4-5-9-19(21)20-13-12-16-8-6-7-15-10-11-17(22)14-18(15)16/h6-8,10-11,14,22H,2-5,9,12-13H2,1H3,(H,20,21). The first kappa shape index (κ1) is 16.9. The lowest BCUT2D eigenvalue weighted by atomic mass is 10.0. The van der Waals surface area contributed by atoms with E-state index in [-0.39, 0.29) is 5.91 Å². The summed E-state index contributed by atoms with van der Waals surface area (Å²) in [5.41, 5.74) is 1.26. The van der Waals surface area contributed by atoms with Gasteiger partial charge >= 0.3 is 0 Å². The predicted octanol–water partition coefficient (Wildman–Crippen LogP) is 4.76. The molecule has 2 rings (SSSR count). The number of rotatable bonds is 8. The molecular weight excluding hydrogens is 290 g/mol. The van der Waals surface area contributed by atoms with E-state index in [9.17, 15) is 4.79 Å². The molecule has 118 valence electrons. The molecule has 0 saturated carbocycles. The maximum absolute atomic E-state index is 11.8. The summed E-state index contributed by atoms with van der Waals surface area (Å²) >= 11 is 4.42. The molecule has 2 aromatic carbocycles. The highest BCUT2D eigenvalue weighted by atomic mass is 32.1. The zero-order valence-corrected chi connectivity index (χ0v) is 14.2. The maximum Gasteiger partial charge on any atom is 0.220 e. The number of carbonyl (C=O) groups excluding carboxylic acids is 1. The molecule has 0 aliphatic carbocycles. The number of carbonyl (C=O) groups is 1. The van der Waals surface area contributed by atoms with Crippen LogP contribution in [-0.4, -0.2) is 12.5 Å². The Morgan fingerprint density at radius 3 is 2.82 bits per heavy atom. The van der Waals surface area contributed by atoms with Gasteiger partial charge in [-0.05, 0) is 41.3 Å². The Labute approximate surface area is 138 Å². The van der Waals surface area contributed by atoms with E-state index in [0.29, 0.717) is 13.0 Å². The number of nitrogens with one attached hydrogen (secondary N) is 1. The molecule has 0 aromatic heterocycles. The molecule has 2 nitrogen and oxygen atoms in total. The van der Waals surface area contributed by atoms with Crippen molar-refractivity contribution >= 4 is 29.3 Å². The Morgan fingerprint density at radius 2 is 2.00 bits per heavy atom. The molecule has 22 heavy (non-hydrogen) atoms. The summed E-state index contributed by atoms with van der Waals surface area (Å²) in [4.78, 5) is 12.8. The zero-order chi connectivity index (χ0) is 15.8. The molecule has 3 heteroatoms. The zero-order valence-electron chi connectivity index (χ0n) is 13.3. The summed E-state index contributed by atoms with van der Waals surface area (Å²) in [6.07, 6.45) is 6.08. The highest BCUT2D eigenvalue weighted by molar-refractivity contribution is 7.80. The van der Waals surface area contributed by atoms with Crippen LogP contribution in [0.25, 0.3) is 10.8 Å². The average Bonchev–Trinajstić information content (AvgIpc) is 2.52. The van der Waals surface area contributed by atoms with Crippen molar-refractivity contribution in [1.82, 2.24) is 5.32 Å². The number of thiol groups is 1. The summed E-state index contributed by atoms with van der Waals surface area (Å²) in [5, 5.41) is 5.48. The smallest absolute Gasteiger partial charge is 0.220 e. The Hall–Kier alpha value is -1.48. The number of amides is 1. The van der Waals surface area contributed by atoms with E-state index >= 15 is 0 Å². The molecule has 0 fully saturated rings. The van der Waals surface area contributed by atoms with E-state index in [1.165, 1.54) is 29.2 Å². The topological polar surface area (TPSA) is 29.1 Å². The van der Waals surface area contributed by atoms with Gasteiger partial charge in [-0.1, -0.05) is 50.5 Å². The number of benzene rings is 2. The lowest BCUT2D eigenvalue weighted by molar-refractivity contribution is -0.121. The number of hydrogen-bond donors (Lipinski definition) is 2. The van der Waals surface area contributed by atoms with Crippen molar-refractivity contribution in [3.8, 4) is 0 Å². The predicted molar refractivity (Wildman–Crippen MR) is 96.7 cm³/mol. The van der Waals surface area contributed by atoms with Gasteiger partial charge in [0.1, 0.15) is 0 Å². The molecule has 0 radical (unpaired) electrons. The first-order valence-electron chi connectivity index (χ1n) is 8.18. The Kier molecular flexibility index (Phi) is 6.78. The van der Waals surface area contributed by atoms with Crippen molar-refractivity contribution in [2.45, 2.75) is 50.3 Å². The third-order valence-corrected chi connectivity index (χ3v) is 4.21. The second kappa shape index (κ2) is 8.84. The van der Waals surface area contributed by atoms with E-state index in [2.05, 4.69) is 55.2 Å². The minimum atomic E-state index is 0.172. The largest absolute Gasteiger partial charge is 0.356 e.